The van der Waals surface area contributed by atoms with Crippen LogP contribution >= 0.6 is 15.9 Å². The second-order valence-corrected chi connectivity index (χ2v) is 4.79. The van der Waals surface area contributed by atoms with Crippen LogP contribution in [-0.4, -0.2) is 7.11 Å². The molecule has 0 fully saturated rings. The highest BCUT2D eigenvalue weighted by atomic mass is 79.9. The van der Waals surface area contributed by atoms with Crippen LogP contribution in [0.3, 0.4) is 0 Å². The largest absolute Gasteiger partial charge is 0.496 e. The summed E-state index contributed by atoms with van der Waals surface area (Å²) in [6.45, 7) is 0.321. The normalized spacial score (nSPS) is 10.3. The Balaban J connectivity index is 2.12. The van der Waals surface area contributed by atoms with Crippen LogP contribution < -0.4 is 15.2 Å². The Hall–Kier alpha value is -1.75. The number of benzene rings is 2. The van der Waals surface area contributed by atoms with Gasteiger partial charge in [0.15, 0.2) is 0 Å². The quantitative estimate of drug-likeness (QED) is 0.870. The van der Waals surface area contributed by atoms with Gasteiger partial charge in [-0.1, -0.05) is 0 Å². The van der Waals surface area contributed by atoms with E-state index in [1.807, 2.05) is 6.07 Å². The van der Waals surface area contributed by atoms with Crippen molar-refractivity contribution in [2.45, 2.75) is 6.61 Å². The average molecular weight is 326 g/mol. The van der Waals surface area contributed by atoms with Crippen LogP contribution in [0.5, 0.6) is 11.5 Å². The lowest BCUT2D eigenvalue weighted by Gasteiger charge is -2.11. The van der Waals surface area contributed by atoms with Gasteiger partial charge in [-0.25, -0.2) is 4.39 Å². The predicted molar refractivity (Wildman–Crippen MR) is 75.8 cm³/mol. The Morgan fingerprint density at radius 2 is 2.00 bits per heavy atom. The van der Waals surface area contributed by atoms with Crippen molar-refractivity contribution in [3.05, 3.63) is 52.3 Å². The first-order chi connectivity index (χ1) is 9.10. The standard InChI is InChI=1S/C14H13BrFNO2/c1-18-14-6-10(17)3-2-9(14)8-19-11-4-5-13(16)12(15)7-11/h2-7H,8,17H2,1H3. The molecule has 0 amide bonds. The molecular formula is C14H13BrFNO2. The third-order valence-corrected chi connectivity index (χ3v) is 3.20. The summed E-state index contributed by atoms with van der Waals surface area (Å²) in [4.78, 5) is 0. The maximum absolute atomic E-state index is 13.1. The number of rotatable bonds is 4. The molecule has 0 aromatic heterocycles. The zero-order valence-electron chi connectivity index (χ0n) is 10.3. The molecule has 0 bridgehead atoms. The fraction of sp³-hybridized carbons (Fsp3) is 0.143. The third kappa shape index (κ3) is 3.38. The molecule has 0 radical (unpaired) electrons. The number of nitrogens with two attached hydrogens (primary N) is 1. The van der Waals surface area contributed by atoms with Gasteiger partial charge >= 0.3 is 0 Å². The van der Waals surface area contributed by atoms with Gasteiger partial charge in [0.25, 0.3) is 0 Å². The van der Waals surface area contributed by atoms with E-state index in [1.165, 1.54) is 6.07 Å². The van der Waals surface area contributed by atoms with Gasteiger partial charge in [-0.15, -0.1) is 0 Å². The lowest BCUT2D eigenvalue weighted by Crippen LogP contribution is -2.00. The topological polar surface area (TPSA) is 44.5 Å². The zero-order chi connectivity index (χ0) is 13.8. The van der Waals surface area contributed by atoms with E-state index >= 15 is 0 Å². The molecule has 0 aliphatic heterocycles. The lowest BCUT2D eigenvalue weighted by atomic mass is 10.2. The summed E-state index contributed by atoms with van der Waals surface area (Å²) in [5.74, 6) is 0.922. The molecule has 0 saturated carbocycles. The van der Waals surface area contributed by atoms with Gasteiger partial charge < -0.3 is 15.2 Å². The Morgan fingerprint density at radius 1 is 1.21 bits per heavy atom. The number of halogens is 2. The van der Waals surface area contributed by atoms with E-state index in [1.54, 1.807) is 31.4 Å². The Bertz CT molecular complexity index is 590. The van der Waals surface area contributed by atoms with Crippen molar-refractivity contribution in [1.29, 1.82) is 0 Å². The van der Waals surface area contributed by atoms with Crippen LogP contribution in [0, 0.1) is 5.82 Å². The molecule has 0 aliphatic rings. The van der Waals surface area contributed by atoms with E-state index in [4.69, 9.17) is 15.2 Å². The van der Waals surface area contributed by atoms with Gasteiger partial charge in [-0.2, -0.15) is 0 Å². The number of hydrogen-bond donors (Lipinski definition) is 1. The molecule has 2 aromatic rings. The van der Waals surface area contributed by atoms with Gasteiger partial charge in [0, 0.05) is 17.3 Å². The summed E-state index contributed by atoms with van der Waals surface area (Å²) in [5.41, 5.74) is 7.18. The third-order valence-electron chi connectivity index (χ3n) is 2.60. The maximum atomic E-state index is 13.1. The molecule has 0 spiro atoms. The lowest BCUT2D eigenvalue weighted by molar-refractivity contribution is 0.296. The van der Waals surface area contributed by atoms with E-state index in [0.717, 1.165) is 5.56 Å². The van der Waals surface area contributed by atoms with E-state index in [-0.39, 0.29) is 5.82 Å². The van der Waals surface area contributed by atoms with Crippen molar-refractivity contribution in [2.24, 2.45) is 0 Å². The van der Waals surface area contributed by atoms with E-state index < -0.39 is 0 Å². The number of hydrogen-bond acceptors (Lipinski definition) is 3. The number of anilines is 1. The molecule has 0 saturated heterocycles. The molecule has 3 nitrogen and oxygen atoms in total. The highest BCUT2D eigenvalue weighted by molar-refractivity contribution is 9.10. The summed E-state index contributed by atoms with van der Waals surface area (Å²) in [7, 11) is 1.58. The van der Waals surface area contributed by atoms with Crippen LogP contribution in [-0.2, 0) is 6.61 Å². The zero-order valence-corrected chi connectivity index (χ0v) is 11.9. The summed E-state index contributed by atoms with van der Waals surface area (Å²) >= 11 is 3.11. The van der Waals surface area contributed by atoms with E-state index in [0.29, 0.717) is 28.3 Å². The first kappa shape index (κ1) is 13.7. The highest BCUT2D eigenvalue weighted by Gasteiger charge is 2.06. The molecule has 100 valence electrons. The second kappa shape index (κ2) is 5.93. The Morgan fingerprint density at radius 3 is 2.68 bits per heavy atom. The van der Waals surface area contributed by atoms with Crippen LogP contribution in [0.4, 0.5) is 10.1 Å². The number of methoxy groups -OCH3 is 1. The van der Waals surface area contributed by atoms with Crippen LogP contribution in [0.15, 0.2) is 40.9 Å². The molecule has 0 unspecified atom stereocenters. The predicted octanol–water partition coefficient (Wildman–Crippen LogP) is 3.76. The first-order valence-electron chi connectivity index (χ1n) is 5.60. The minimum absolute atomic E-state index is 0.321. The fourth-order valence-electron chi connectivity index (χ4n) is 1.61. The van der Waals surface area contributed by atoms with Crippen molar-refractivity contribution in [1.82, 2.24) is 0 Å². The summed E-state index contributed by atoms with van der Waals surface area (Å²) in [6, 6.07) is 9.86. The molecule has 0 heterocycles. The number of nitrogen functional groups attached to an aromatic ring is 1. The smallest absolute Gasteiger partial charge is 0.137 e. The molecule has 19 heavy (non-hydrogen) atoms. The van der Waals surface area contributed by atoms with Gasteiger partial charge in [0.2, 0.25) is 0 Å². The van der Waals surface area contributed by atoms with Crippen molar-refractivity contribution in [3.63, 3.8) is 0 Å². The molecule has 2 aromatic carbocycles. The van der Waals surface area contributed by atoms with Crippen molar-refractivity contribution >= 4 is 21.6 Å². The minimum Gasteiger partial charge on any atom is -0.496 e. The van der Waals surface area contributed by atoms with Crippen molar-refractivity contribution < 1.29 is 13.9 Å². The monoisotopic (exact) mass is 325 g/mol. The van der Waals surface area contributed by atoms with Crippen molar-refractivity contribution in [3.8, 4) is 11.5 Å². The molecule has 2 rings (SSSR count). The Labute approximate surface area is 119 Å². The van der Waals surface area contributed by atoms with Crippen LogP contribution in [0.2, 0.25) is 0 Å². The average Bonchev–Trinajstić information content (AvgIpc) is 2.41. The fourth-order valence-corrected chi connectivity index (χ4v) is 1.97. The van der Waals surface area contributed by atoms with Gasteiger partial charge in [-0.05, 0) is 46.3 Å². The van der Waals surface area contributed by atoms with Gasteiger partial charge in [0.05, 0.1) is 11.6 Å². The second-order valence-electron chi connectivity index (χ2n) is 3.94. The molecule has 0 aliphatic carbocycles. The van der Waals surface area contributed by atoms with Gasteiger partial charge in [0.1, 0.15) is 23.9 Å². The highest BCUT2D eigenvalue weighted by Crippen LogP contribution is 2.25. The first-order valence-corrected chi connectivity index (χ1v) is 6.39. The molecular weight excluding hydrogens is 313 g/mol. The van der Waals surface area contributed by atoms with E-state index in [2.05, 4.69) is 15.9 Å². The van der Waals surface area contributed by atoms with Gasteiger partial charge in [-0.3, -0.25) is 0 Å². The van der Waals surface area contributed by atoms with Crippen LogP contribution in [0.25, 0.3) is 0 Å². The maximum Gasteiger partial charge on any atom is 0.137 e. The Kier molecular flexibility index (Phi) is 4.27. The van der Waals surface area contributed by atoms with Crippen LogP contribution in [0.1, 0.15) is 5.56 Å². The summed E-state index contributed by atoms with van der Waals surface area (Å²) in [5, 5.41) is 0. The minimum atomic E-state index is -0.322. The van der Waals surface area contributed by atoms with E-state index in [9.17, 15) is 4.39 Å². The molecule has 0 atom stereocenters. The summed E-state index contributed by atoms with van der Waals surface area (Å²) in [6.07, 6.45) is 0. The van der Waals surface area contributed by atoms with Crippen molar-refractivity contribution in [2.75, 3.05) is 12.8 Å². The molecule has 5 heteroatoms. The summed E-state index contributed by atoms with van der Waals surface area (Å²) < 4.78 is 24.3. The molecule has 2 N–H and O–H groups in total. The SMILES string of the molecule is COc1cc(N)ccc1COc1ccc(F)c(Br)c1. The number of ether oxygens (including phenoxy) is 2.